The summed E-state index contributed by atoms with van der Waals surface area (Å²) in [6.45, 7) is 3.29. The van der Waals surface area contributed by atoms with Crippen LogP contribution in [0.15, 0.2) is 0 Å². The van der Waals surface area contributed by atoms with Gasteiger partial charge in [0.1, 0.15) is 0 Å². The highest BCUT2D eigenvalue weighted by atomic mass is 16.7. The molecule has 90 valence electrons. The third-order valence-corrected chi connectivity index (χ3v) is 3.18. The molecule has 1 N–H and O–H groups in total. The van der Waals surface area contributed by atoms with E-state index in [1.54, 1.807) is 0 Å². The van der Waals surface area contributed by atoms with Gasteiger partial charge in [-0.05, 0) is 19.3 Å². The fourth-order valence-electron chi connectivity index (χ4n) is 2.16. The Bertz CT molecular complexity index is 132. The second kappa shape index (κ2) is 9.17. The van der Waals surface area contributed by atoms with Gasteiger partial charge < -0.3 is 0 Å². The molecule has 0 aromatic heterocycles. The molecule has 0 aromatic rings. The van der Waals surface area contributed by atoms with Crippen molar-refractivity contribution in [2.75, 3.05) is 6.54 Å². The number of rotatable bonds is 9. The molecule has 0 spiro atoms. The Hall–Kier alpha value is -0.0800. The van der Waals surface area contributed by atoms with Gasteiger partial charge in [-0.15, -0.1) is 0 Å². The van der Waals surface area contributed by atoms with Crippen molar-refractivity contribution in [3.63, 3.8) is 0 Å². The molecule has 0 unspecified atom stereocenters. The van der Waals surface area contributed by atoms with Gasteiger partial charge in [-0.3, -0.25) is 4.84 Å². The van der Waals surface area contributed by atoms with Crippen LogP contribution in [-0.2, 0) is 4.84 Å². The third-order valence-electron chi connectivity index (χ3n) is 3.18. The average molecular weight is 213 g/mol. The Balaban J connectivity index is 1.73. The normalized spacial score (nSPS) is 17.4. The summed E-state index contributed by atoms with van der Waals surface area (Å²) in [5.74, 6) is 0. The second-order valence-corrected chi connectivity index (χ2v) is 4.69. The van der Waals surface area contributed by atoms with E-state index >= 15 is 0 Å². The molecule has 15 heavy (non-hydrogen) atoms. The molecule has 1 aliphatic carbocycles. The van der Waals surface area contributed by atoms with E-state index in [2.05, 4.69) is 12.4 Å². The first-order valence-corrected chi connectivity index (χ1v) is 6.82. The van der Waals surface area contributed by atoms with E-state index in [0.29, 0.717) is 6.10 Å². The molecule has 1 fully saturated rings. The minimum Gasteiger partial charge on any atom is -0.299 e. The second-order valence-electron chi connectivity index (χ2n) is 4.69. The lowest BCUT2D eigenvalue weighted by Gasteiger charge is -2.11. The summed E-state index contributed by atoms with van der Waals surface area (Å²) in [6, 6.07) is 0. The Morgan fingerprint density at radius 1 is 1.00 bits per heavy atom. The van der Waals surface area contributed by atoms with Crippen LogP contribution < -0.4 is 5.48 Å². The molecule has 2 nitrogen and oxygen atoms in total. The quantitative estimate of drug-likeness (QED) is 0.464. The van der Waals surface area contributed by atoms with Gasteiger partial charge in [-0.25, -0.2) is 5.48 Å². The molecule has 2 heteroatoms. The molecule has 1 saturated carbocycles. The van der Waals surface area contributed by atoms with Crippen LogP contribution in [0.5, 0.6) is 0 Å². The summed E-state index contributed by atoms with van der Waals surface area (Å²) in [5.41, 5.74) is 3.12. The molecule has 0 amide bonds. The Kier molecular flexibility index (Phi) is 7.94. The van der Waals surface area contributed by atoms with Gasteiger partial charge in [0.25, 0.3) is 0 Å². The van der Waals surface area contributed by atoms with Crippen LogP contribution in [0.2, 0.25) is 0 Å². The number of hydrogen-bond acceptors (Lipinski definition) is 2. The Labute approximate surface area is 94.7 Å². The molecule has 0 bridgehead atoms. The smallest absolute Gasteiger partial charge is 0.0790 e. The number of hydroxylamine groups is 1. The van der Waals surface area contributed by atoms with E-state index in [1.807, 2.05) is 0 Å². The summed E-state index contributed by atoms with van der Waals surface area (Å²) in [5, 5.41) is 0. The zero-order chi connectivity index (χ0) is 10.8. The van der Waals surface area contributed by atoms with Gasteiger partial charge in [-0.1, -0.05) is 51.9 Å². The van der Waals surface area contributed by atoms with E-state index < -0.39 is 0 Å². The van der Waals surface area contributed by atoms with Crippen LogP contribution in [0.3, 0.4) is 0 Å². The summed E-state index contributed by atoms with van der Waals surface area (Å²) in [6.07, 6.45) is 13.8. The maximum Gasteiger partial charge on any atom is 0.0790 e. The molecule has 0 atom stereocenters. The topological polar surface area (TPSA) is 21.3 Å². The molecular weight excluding hydrogens is 186 g/mol. The fourth-order valence-corrected chi connectivity index (χ4v) is 2.16. The first kappa shape index (κ1) is 13.0. The van der Waals surface area contributed by atoms with Gasteiger partial charge in [-0.2, -0.15) is 0 Å². The van der Waals surface area contributed by atoms with E-state index in [1.165, 1.54) is 64.2 Å². The first-order chi connectivity index (χ1) is 7.43. The standard InChI is InChI=1S/C13H27NO/c1-2-3-4-5-6-9-12-14-15-13-10-7-8-11-13/h13-14H,2-12H2,1H3. The molecule has 0 aromatic carbocycles. The van der Waals surface area contributed by atoms with Crippen molar-refractivity contribution >= 4 is 0 Å². The van der Waals surface area contributed by atoms with Crippen molar-refractivity contribution in [3.8, 4) is 0 Å². The molecule has 0 aliphatic heterocycles. The molecular formula is C13H27NO. The van der Waals surface area contributed by atoms with Crippen molar-refractivity contribution in [2.45, 2.75) is 77.2 Å². The Morgan fingerprint density at radius 3 is 2.40 bits per heavy atom. The molecule has 1 aliphatic rings. The summed E-state index contributed by atoms with van der Waals surface area (Å²) >= 11 is 0. The van der Waals surface area contributed by atoms with Crippen LogP contribution in [0.4, 0.5) is 0 Å². The maximum absolute atomic E-state index is 5.58. The summed E-state index contributed by atoms with van der Waals surface area (Å²) in [4.78, 5) is 5.58. The first-order valence-electron chi connectivity index (χ1n) is 6.82. The molecule has 0 heterocycles. The predicted molar refractivity (Wildman–Crippen MR) is 64.7 cm³/mol. The molecule has 0 radical (unpaired) electrons. The maximum atomic E-state index is 5.58. The third kappa shape index (κ3) is 6.91. The van der Waals surface area contributed by atoms with Crippen LogP contribution >= 0.6 is 0 Å². The van der Waals surface area contributed by atoms with E-state index in [-0.39, 0.29) is 0 Å². The number of hydrogen-bond donors (Lipinski definition) is 1. The average Bonchev–Trinajstić information content (AvgIpc) is 2.75. The van der Waals surface area contributed by atoms with E-state index in [9.17, 15) is 0 Å². The van der Waals surface area contributed by atoms with E-state index in [0.717, 1.165) is 6.54 Å². The highest BCUT2D eigenvalue weighted by molar-refractivity contribution is 4.65. The highest BCUT2D eigenvalue weighted by Gasteiger charge is 2.14. The minimum atomic E-state index is 0.505. The zero-order valence-electron chi connectivity index (χ0n) is 10.3. The molecule has 0 saturated heterocycles. The monoisotopic (exact) mass is 213 g/mol. The van der Waals surface area contributed by atoms with Crippen LogP contribution in [0.25, 0.3) is 0 Å². The van der Waals surface area contributed by atoms with Gasteiger partial charge in [0.05, 0.1) is 6.10 Å². The lowest BCUT2D eigenvalue weighted by atomic mass is 10.1. The van der Waals surface area contributed by atoms with Gasteiger partial charge in [0.2, 0.25) is 0 Å². The fraction of sp³-hybridized carbons (Fsp3) is 1.00. The number of nitrogens with one attached hydrogen (secondary N) is 1. The van der Waals surface area contributed by atoms with Crippen molar-refractivity contribution in [1.82, 2.24) is 5.48 Å². The predicted octanol–water partition coefficient (Wildman–Crippen LogP) is 3.81. The zero-order valence-corrected chi connectivity index (χ0v) is 10.3. The largest absolute Gasteiger partial charge is 0.299 e. The van der Waals surface area contributed by atoms with Crippen LogP contribution in [-0.4, -0.2) is 12.6 Å². The summed E-state index contributed by atoms with van der Waals surface area (Å²) < 4.78 is 0. The lowest BCUT2D eigenvalue weighted by Crippen LogP contribution is -2.22. The lowest BCUT2D eigenvalue weighted by molar-refractivity contribution is -0.0210. The van der Waals surface area contributed by atoms with E-state index in [4.69, 9.17) is 4.84 Å². The van der Waals surface area contributed by atoms with Crippen LogP contribution in [0, 0.1) is 0 Å². The highest BCUT2D eigenvalue weighted by Crippen LogP contribution is 2.19. The van der Waals surface area contributed by atoms with Crippen molar-refractivity contribution < 1.29 is 4.84 Å². The van der Waals surface area contributed by atoms with Gasteiger partial charge in [0, 0.05) is 6.54 Å². The Morgan fingerprint density at radius 2 is 1.67 bits per heavy atom. The van der Waals surface area contributed by atoms with Gasteiger partial charge in [0.15, 0.2) is 0 Å². The van der Waals surface area contributed by atoms with Crippen molar-refractivity contribution in [2.24, 2.45) is 0 Å². The van der Waals surface area contributed by atoms with Crippen LogP contribution in [0.1, 0.15) is 71.1 Å². The summed E-state index contributed by atoms with van der Waals surface area (Å²) in [7, 11) is 0. The molecule has 1 rings (SSSR count). The minimum absolute atomic E-state index is 0.505. The van der Waals surface area contributed by atoms with Gasteiger partial charge >= 0.3 is 0 Å². The van der Waals surface area contributed by atoms with Crippen molar-refractivity contribution in [3.05, 3.63) is 0 Å². The van der Waals surface area contributed by atoms with Crippen molar-refractivity contribution in [1.29, 1.82) is 0 Å². The number of unbranched alkanes of at least 4 members (excludes halogenated alkanes) is 5. The SMILES string of the molecule is CCCCCCCCNOC1CCCC1.